The van der Waals surface area contributed by atoms with E-state index in [0.29, 0.717) is 35.5 Å². The molecule has 104 valence electrons. The highest BCUT2D eigenvalue weighted by molar-refractivity contribution is 6.18. The minimum atomic E-state index is -0.0427. The van der Waals surface area contributed by atoms with Crippen molar-refractivity contribution in [2.45, 2.75) is 18.9 Å². The maximum absolute atomic E-state index is 12.6. The summed E-state index contributed by atoms with van der Waals surface area (Å²) in [6.45, 7) is 0.561. The van der Waals surface area contributed by atoms with Crippen molar-refractivity contribution in [3.8, 4) is 11.5 Å². The second-order valence-corrected chi connectivity index (χ2v) is 4.86. The molecule has 0 aliphatic heterocycles. The molecule has 1 fully saturated rings. The second-order valence-electron chi connectivity index (χ2n) is 4.48. The van der Waals surface area contributed by atoms with Crippen molar-refractivity contribution in [1.29, 1.82) is 0 Å². The van der Waals surface area contributed by atoms with Crippen LogP contribution in [0.25, 0.3) is 0 Å². The van der Waals surface area contributed by atoms with Gasteiger partial charge in [-0.25, -0.2) is 0 Å². The van der Waals surface area contributed by atoms with Crippen LogP contribution >= 0.6 is 11.6 Å². The fourth-order valence-corrected chi connectivity index (χ4v) is 2.25. The van der Waals surface area contributed by atoms with Crippen LogP contribution in [-0.2, 0) is 0 Å². The molecule has 1 aromatic carbocycles. The fraction of sp³-hybridized carbons (Fsp3) is 0.500. The molecule has 19 heavy (non-hydrogen) atoms. The summed E-state index contributed by atoms with van der Waals surface area (Å²) < 4.78 is 10.4. The third-order valence-corrected chi connectivity index (χ3v) is 3.38. The Morgan fingerprint density at radius 3 is 2.63 bits per heavy atom. The number of methoxy groups -OCH3 is 2. The van der Waals surface area contributed by atoms with E-state index in [-0.39, 0.29) is 5.91 Å². The third kappa shape index (κ3) is 3.13. The van der Waals surface area contributed by atoms with Gasteiger partial charge in [0.1, 0.15) is 11.5 Å². The smallest absolute Gasteiger partial charge is 0.258 e. The van der Waals surface area contributed by atoms with Gasteiger partial charge in [-0.15, -0.1) is 11.6 Å². The molecule has 0 aromatic heterocycles. The predicted octanol–water partition coefficient (Wildman–Crippen LogP) is 2.55. The van der Waals surface area contributed by atoms with E-state index in [0.717, 1.165) is 12.8 Å². The lowest BCUT2D eigenvalue weighted by Crippen LogP contribution is -2.35. The van der Waals surface area contributed by atoms with Gasteiger partial charge < -0.3 is 14.4 Å². The highest BCUT2D eigenvalue weighted by Crippen LogP contribution is 2.31. The molecule has 1 aromatic rings. The molecule has 0 saturated heterocycles. The van der Waals surface area contributed by atoms with Gasteiger partial charge in [0.2, 0.25) is 0 Å². The molecule has 0 atom stereocenters. The van der Waals surface area contributed by atoms with Gasteiger partial charge in [-0.1, -0.05) is 0 Å². The fourth-order valence-electron chi connectivity index (χ4n) is 2.06. The first kappa shape index (κ1) is 14.0. The highest BCUT2D eigenvalue weighted by Gasteiger charge is 2.33. The number of amides is 1. The van der Waals surface area contributed by atoms with Gasteiger partial charge in [0.15, 0.2) is 0 Å². The van der Waals surface area contributed by atoms with Crippen LogP contribution < -0.4 is 9.47 Å². The van der Waals surface area contributed by atoms with Gasteiger partial charge in [-0.05, 0) is 31.0 Å². The van der Waals surface area contributed by atoms with E-state index in [2.05, 4.69) is 0 Å². The zero-order chi connectivity index (χ0) is 13.8. The third-order valence-electron chi connectivity index (χ3n) is 3.21. The van der Waals surface area contributed by atoms with Crippen molar-refractivity contribution >= 4 is 17.5 Å². The van der Waals surface area contributed by atoms with Gasteiger partial charge in [-0.2, -0.15) is 0 Å². The lowest BCUT2D eigenvalue weighted by atomic mass is 10.1. The SMILES string of the molecule is COc1ccc(OC)c(C(=O)N(CCCl)C2CC2)c1. The molecule has 0 N–H and O–H groups in total. The molecular formula is C14H18ClNO3. The van der Waals surface area contributed by atoms with Crippen molar-refractivity contribution in [2.24, 2.45) is 0 Å². The number of carbonyl (C=O) groups is 1. The first-order valence-electron chi connectivity index (χ1n) is 6.30. The molecule has 0 bridgehead atoms. The number of carbonyl (C=O) groups excluding carboxylic acids is 1. The average Bonchev–Trinajstić information content (AvgIpc) is 3.27. The van der Waals surface area contributed by atoms with Crippen molar-refractivity contribution in [2.75, 3.05) is 26.6 Å². The molecule has 1 aliphatic rings. The van der Waals surface area contributed by atoms with E-state index in [1.54, 1.807) is 32.4 Å². The van der Waals surface area contributed by atoms with Crippen molar-refractivity contribution in [3.63, 3.8) is 0 Å². The Kier molecular flexibility index (Phi) is 4.53. The number of benzene rings is 1. The van der Waals surface area contributed by atoms with Gasteiger partial charge in [0.05, 0.1) is 19.8 Å². The van der Waals surface area contributed by atoms with Gasteiger partial charge in [0.25, 0.3) is 5.91 Å². The Morgan fingerprint density at radius 2 is 2.11 bits per heavy atom. The zero-order valence-corrected chi connectivity index (χ0v) is 11.9. The van der Waals surface area contributed by atoms with E-state index in [9.17, 15) is 4.79 Å². The van der Waals surface area contributed by atoms with Crippen LogP contribution in [0.4, 0.5) is 0 Å². The summed E-state index contributed by atoms with van der Waals surface area (Å²) in [6.07, 6.45) is 2.10. The lowest BCUT2D eigenvalue weighted by Gasteiger charge is -2.22. The summed E-state index contributed by atoms with van der Waals surface area (Å²) in [4.78, 5) is 14.4. The highest BCUT2D eigenvalue weighted by atomic mass is 35.5. The monoisotopic (exact) mass is 283 g/mol. The number of nitrogens with zero attached hydrogens (tertiary/aromatic N) is 1. The summed E-state index contributed by atoms with van der Waals surface area (Å²) in [5.41, 5.74) is 0.527. The predicted molar refractivity (Wildman–Crippen MR) is 74.3 cm³/mol. The van der Waals surface area contributed by atoms with Crippen LogP contribution in [-0.4, -0.2) is 43.5 Å². The van der Waals surface area contributed by atoms with Crippen LogP contribution in [0.5, 0.6) is 11.5 Å². The van der Waals surface area contributed by atoms with Crippen LogP contribution in [0.1, 0.15) is 23.2 Å². The molecule has 0 radical (unpaired) electrons. The normalized spacial score (nSPS) is 14.1. The molecule has 1 amide bonds. The molecule has 0 heterocycles. The minimum Gasteiger partial charge on any atom is -0.497 e. The topological polar surface area (TPSA) is 38.8 Å². The summed E-state index contributed by atoms with van der Waals surface area (Å²) in [5.74, 6) is 1.60. The van der Waals surface area contributed by atoms with Crippen LogP contribution in [0.2, 0.25) is 0 Å². The molecule has 1 saturated carbocycles. The first-order valence-corrected chi connectivity index (χ1v) is 6.83. The van der Waals surface area contributed by atoms with Crippen molar-refractivity contribution in [3.05, 3.63) is 23.8 Å². The number of halogens is 1. The largest absolute Gasteiger partial charge is 0.497 e. The average molecular weight is 284 g/mol. The van der Waals surface area contributed by atoms with E-state index in [1.807, 2.05) is 4.90 Å². The van der Waals surface area contributed by atoms with E-state index < -0.39 is 0 Å². The van der Waals surface area contributed by atoms with Crippen LogP contribution in [0.3, 0.4) is 0 Å². The Balaban J connectivity index is 2.29. The number of alkyl halides is 1. The van der Waals surface area contributed by atoms with Gasteiger partial charge in [-0.3, -0.25) is 4.79 Å². The van der Waals surface area contributed by atoms with Crippen LogP contribution in [0, 0.1) is 0 Å². The van der Waals surface area contributed by atoms with E-state index >= 15 is 0 Å². The van der Waals surface area contributed by atoms with Gasteiger partial charge >= 0.3 is 0 Å². The molecular weight excluding hydrogens is 266 g/mol. The standard InChI is InChI=1S/C14H18ClNO3/c1-18-11-5-6-13(19-2)12(9-11)14(17)16(8-7-15)10-3-4-10/h5-6,9-10H,3-4,7-8H2,1-2H3. The number of hydrogen-bond acceptors (Lipinski definition) is 3. The molecule has 2 rings (SSSR count). The molecule has 5 heteroatoms. The van der Waals surface area contributed by atoms with E-state index in [1.165, 1.54) is 0 Å². The summed E-state index contributed by atoms with van der Waals surface area (Å²) in [5, 5.41) is 0. The quantitative estimate of drug-likeness (QED) is 0.753. The zero-order valence-electron chi connectivity index (χ0n) is 11.2. The lowest BCUT2D eigenvalue weighted by molar-refractivity contribution is 0.0750. The molecule has 0 spiro atoms. The van der Waals surface area contributed by atoms with Crippen molar-refractivity contribution in [1.82, 2.24) is 4.90 Å². The summed E-state index contributed by atoms with van der Waals surface area (Å²) in [6, 6.07) is 5.56. The molecule has 1 aliphatic carbocycles. The molecule has 0 unspecified atom stereocenters. The van der Waals surface area contributed by atoms with Crippen molar-refractivity contribution < 1.29 is 14.3 Å². The maximum Gasteiger partial charge on any atom is 0.258 e. The summed E-state index contributed by atoms with van der Waals surface area (Å²) in [7, 11) is 3.13. The van der Waals surface area contributed by atoms with E-state index in [4.69, 9.17) is 21.1 Å². The Morgan fingerprint density at radius 1 is 1.37 bits per heavy atom. The summed E-state index contributed by atoms with van der Waals surface area (Å²) >= 11 is 5.78. The molecule has 4 nitrogen and oxygen atoms in total. The number of ether oxygens (including phenoxy) is 2. The van der Waals surface area contributed by atoms with Crippen LogP contribution in [0.15, 0.2) is 18.2 Å². The number of hydrogen-bond donors (Lipinski definition) is 0. The Bertz CT molecular complexity index is 460. The maximum atomic E-state index is 12.6. The van der Waals surface area contributed by atoms with Gasteiger partial charge in [0, 0.05) is 18.5 Å². The number of rotatable bonds is 6. The minimum absolute atomic E-state index is 0.0427. The Hall–Kier alpha value is -1.42. The Labute approximate surface area is 118 Å². The second kappa shape index (κ2) is 6.15. The first-order chi connectivity index (χ1) is 9.21.